The van der Waals surface area contributed by atoms with Gasteiger partial charge in [-0.2, -0.15) is 0 Å². The normalized spacial score (nSPS) is 12.1. The lowest BCUT2D eigenvalue weighted by atomic mass is 10.2. The molecule has 5 nitrogen and oxygen atoms in total. The standard InChI is InChI=1S/C13H15N3O2/c1-10(8-16-7-6-14-9-16)15-13(18)11-4-2-3-5-12(11)17/h2-7,9-10,17H,8H2,1H3,(H,15,18). The first kappa shape index (κ1) is 12.2. The maximum atomic E-state index is 11.9. The average Bonchev–Trinajstić information content (AvgIpc) is 2.82. The fourth-order valence-electron chi connectivity index (χ4n) is 1.72. The van der Waals surface area contributed by atoms with Gasteiger partial charge in [0.2, 0.25) is 0 Å². The second-order valence-electron chi connectivity index (χ2n) is 4.15. The summed E-state index contributed by atoms with van der Waals surface area (Å²) in [5, 5.41) is 12.4. The Bertz CT molecular complexity index is 523. The molecule has 0 aliphatic carbocycles. The highest BCUT2D eigenvalue weighted by Crippen LogP contribution is 2.15. The van der Waals surface area contributed by atoms with Crippen LogP contribution in [0.5, 0.6) is 5.75 Å². The van der Waals surface area contributed by atoms with Crippen molar-refractivity contribution in [1.29, 1.82) is 0 Å². The molecule has 1 aromatic carbocycles. The van der Waals surface area contributed by atoms with Crippen molar-refractivity contribution in [3.8, 4) is 5.75 Å². The van der Waals surface area contributed by atoms with Crippen molar-refractivity contribution in [2.75, 3.05) is 0 Å². The molecule has 0 saturated carbocycles. The average molecular weight is 245 g/mol. The highest BCUT2D eigenvalue weighted by atomic mass is 16.3. The Hall–Kier alpha value is -2.30. The molecule has 2 aromatic rings. The van der Waals surface area contributed by atoms with E-state index in [0.29, 0.717) is 6.54 Å². The molecular formula is C13H15N3O2. The zero-order valence-corrected chi connectivity index (χ0v) is 10.1. The fourth-order valence-corrected chi connectivity index (χ4v) is 1.72. The van der Waals surface area contributed by atoms with Gasteiger partial charge < -0.3 is 15.0 Å². The number of imidazole rings is 1. The summed E-state index contributed by atoms with van der Waals surface area (Å²) in [6.07, 6.45) is 5.23. The minimum absolute atomic E-state index is 0.00942. The maximum absolute atomic E-state index is 11.9. The van der Waals surface area contributed by atoms with Crippen LogP contribution < -0.4 is 5.32 Å². The van der Waals surface area contributed by atoms with E-state index in [0.717, 1.165) is 0 Å². The van der Waals surface area contributed by atoms with Crippen molar-refractivity contribution in [1.82, 2.24) is 14.9 Å². The molecular weight excluding hydrogens is 230 g/mol. The molecule has 2 N–H and O–H groups in total. The Balaban J connectivity index is 1.97. The van der Waals surface area contributed by atoms with Crippen LogP contribution in [0.2, 0.25) is 0 Å². The van der Waals surface area contributed by atoms with Crippen molar-refractivity contribution >= 4 is 5.91 Å². The number of aromatic nitrogens is 2. The van der Waals surface area contributed by atoms with Crippen molar-refractivity contribution in [2.24, 2.45) is 0 Å². The Morgan fingerprint density at radius 2 is 2.28 bits per heavy atom. The van der Waals surface area contributed by atoms with Crippen LogP contribution in [0, 0.1) is 0 Å². The largest absolute Gasteiger partial charge is 0.507 e. The fraction of sp³-hybridized carbons (Fsp3) is 0.231. The van der Waals surface area contributed by atoms with Crippen molar-refractivity contribution in [3.63, 3.8) is 0 Å². The van der Waals surface area contributed by atoms with Gasteiger partial charge in [0.25, 0.3) is 5.91 Å². The Labute approximate surface area is 105 Å². The molecule has 1 atom stereocenters. The van der Waals surface area contributed by atoms with Gasteiger partial charge in [-0.05, 0) is 19.1 Å². The number of para-hydroxylation sites is 1. The molecule has 0 saturated heterocycles. The van der Waals surface area contributed by atoms with E-state index in [2.05, 4.69) is 10.3 Å². The molecule has 0 bridgehead atoms. The quantitative estimate of drug-likeness (QED) is 0.855. The van der Waals surface area contributed by atoms with Gasteiger partial charge in [0, 0.05) is 25.0 Å². The Morgan fingerprint density at radius 1 is 1.50 bits per heavy atom. The maximum Gasteiger partial charge on any atom is 0.255 e. The highest BCUT2D eigenvalue weighted by molar-refractivity contribution is 5.96. The van der Waals surface area contributed by atoms with Gasteiger partial charge in [-0.1, -0.05) is 12.1 Å². The van der Waals surface area contributed by atoms with Crippen molar-refractivity contribution in [2.45, 2.75) is 19.5 Å². The van der Waals surface area contributed by atoms with E-state index in [4.69, 9.17) is 0 Å². The van der Waals surface area contributed by atoms with Gasteiger partial charge >= 0.3 is 0 Å². The lowest BCUT2D eigenvalue weighted by molar-refractivity contribution is 0.0934. The van der Waals surface area contributed by atoms with Crippen LogP contribution in [0.4, 0.5) is 0 Å². The van der Waals surface area contributed by atoms with Gasteiger partial charge in [-0.3, -0.25) is 4.79 Å². The van der Waals surface area contributed by atoms with Gasteiger partial charge in [-0.15, -0.1) is 0 Å². The van der Waals surface area contributed by atoms with E-state index in [1.807, 2.05) is 17.7 Å². The first-order chi connectivity index (χ1) is 8.66. The number of benzene rings is 1. The Morgan fingerprint density at radius 3 is 2.94 bits per heavy atom. The van der Waals surface area contributed by atoms with Crippen LogP contribution in [0.1, 0.15) is 17.3 Å². The molecule has 18 heavy (non-hydrogen) atoms. The topological polar surface area (TPSA) is 67.2 Å². The third-order valence-electron chi connectivity index (χ3n) is 2.57. The van der Waals surface area contributed by atoms with E-state index in [-0.39, 0.29) is 23.3 Å². The molecule has 1 unspecified atom stereocenters. The molecule has 1 amide bonds. The lowest BCUT2D eigenvalue weighted by Gasteiger charge is -2.14. The van der Waals surface area contributed by atoms with E-state index < -0.39 is 0 Å². The number of phenolic OH excluding ortho intramolecular Hbond substituents is 1. The minimum Gasteiger partial charge on any atom is -0.507 e. The molecule has 1 aromatic heterocycles. The monoisotopic (exact) mass is 245 g/mol. The zero-order valence-electron chi connectivity index (χ0n) is 10.1. The van der Waals surface area contributed by atoms with E-state index in [1.54, 1.807) is 30.7 Å². The number of carbonyl (C=O) groups excluding carboxylic acids is 1. The number of nitrogens with zero attached hydrogens (tertiary/aromatic N) is 2. The third-order valence-corrected chi connectivity index (χ3v) is 2.57. The summed E-state index contributed by atoms with van der Waals surface area (Å²) >= 11 is 0. The van der Waals surface area contributed by atoms with E-state index in [1.165, 1.54) is 6.07 Å². The number of rotatable bonds is 4. The van der Waals surface area contributed by atoms with Gasteiger partial charge in [0.1, 0.15) is 5.75 Å². The minimum atomic E-state index is -0.277. The van der Waals surface area contributed by atoms with Crippen LogP contribution >= 0.6 is 0 Å². The summed E-state index contributed by atoms with van der Waals surface area (Å²) in [5.74, 6) is -0.287. The molecule has 0 spiro atoms. The molecule has 5 heteroatoms. The van der Waals surface area contributed by atoms with Crippen LogP contribution in [0.25, 0.3) is 0 Å². The summed E-state index contributed by atoms with van der Waals surface area (Å²) < 4.78 is 1.88. The van der Waals surface area contributed by atoms with E-state index in [9.17, 15) is 9.90 Å². The number of nitrogens with one attached hydrogen (secondary N) is 1. The summed E-state index contributed by atoms with van der Waals surface area (Å²) in [6, 6.07) is 6.44. The predicted octanol–water partition coefficient (Wildman–Crippen LogP) is 1.41. The van der Waals surface area contributed by atoms with Crippen LogP contribution in [0.15, 0.2) is 43.0 Å². The van der Waals surface area contributed by atoms with Crippen molar-refractivity contribution < 1.29 is 9.90 Å². The molecule has 0 radical (unpaired) electrons. The number of amides is 1. The van der Waals surface area contributed by atoms with Gasteiger partial charge in [0.05, 0.1) is 11.9 Å². The number of hydrogen-bond acceptors (Lipinski definition) is 3. The summed E-state index contributed by atoms with van der Waals surface area (Å²) in [4.78, 5) is 15.8. The highest BCUT2D eigenvalue weighted by Gasteiger charge is 2.13. The number of phenols is 1. The molecule has 0 aliphatic rings. The predicted molar refractivity (Wildman–Crippen MR) is 67.3 cm³/mol. The molecule has 0 aliphatic heterocycles. The van der Waals surface area contributed by atoms with Crippen LogP contribution in [-0.2, 0) is 6.54 Å². The second-order valence-corrected chi connectivity index (χ2v) is 4.15. The molecule has 1 heterocycles. The van der Waals surface area contributed by atoms with Gasteiger partial charge in [-0.25, -0.2) is 4.98 Å². The number of aromatic hydroxyl groups is 1. The SMILES string of the molecule is CC(Cn1ccnc1)NC(=O)c1ccccc1O. The smallest absolute Gasteiger partial charge is 0.255 e. The number of carbonyl (C=O) groups is 1. The number of hydrogen-bond donors (Lipinski definition) is 2. The van der Waals surface area contributed by atoms with Crippen LogP contribution in [0.3, 0.4) is 0 Å². The second kappa shape index (κ2) is 5.35. The summed E-state index contributed by atoms with van der Waals surface area (Å²) in [6.45, 7) is 2.54. The lowest BCUT2D eigenvalue weighted by Crippen LogP contribution is -2.35. The van der Waals surface area contributed by atoms with Crippen molar-refractivity contribution in [3.05, 3.63) is 48.5 Å². The Kier molecular flexibility index (Phi) is 3.62. The molecule has 2 rings (SSSR count). The zero-order chi connectivity index (χ0) is 13.0. The molecule has 94 valence electrons. The summed E-state index contributed by atoms with van der Waals surface area (Å²) in [5.41, 5.74) is 0.287. The van der Waals surface area contributed by atoms with Crippen LogP contribution in [-0.4, -0.2) is 26.6 Å². The first-order valence-electron chi connectivity index (χ1n) is 5.71. The summed E-state index contributed by atoms with van der Waals surface area (Å²) in [7, 11) is 0. The third kappa shape index (κ3) is 2.88. The first-order valence-corrected chi connectivity index (χ1v) is 5.71. The molecule has 0 fully saturated rings. The van der Waals surface area contributed by atoms with E-state index >= 15 is 0 Å². The van der Waals surface area contributed by atoms with Gasteiger partial charge in [0.15, 0.2) is 0 Å².